The summed E-state index contributed by atoms with van der Waals surface area (Å²) in [5, 5.41) is 2.89. The minimum atomic E-state index is -0.146. The summed E-state index contributed by atoms with van der Waals surface area (Å²) < 4.78 is 0. The molecule has 6 heteroatoms. The number of nitrogens with zero attached hydrogens (tertiary/aromatic N) is 2. The average molecular weight is 356 g/mol. The highest BCUT2D eigenvalue weighted by atomic mass is 16.2. The molecule has 0 radical (unpaired) electrons. The first kappa shape index (κ1) is 23.4. The van der Waals surface area contributed by atoms with Crippen molar-refractivity contribution in [1.29, 1.82) is 0 Å². The maximum absolute atomic E-state index is 12.4. The molecule has 0 aliphatic heterocycles. The standard InChI is InChI=1S/C19H37N3O3/c1-13(2)18(24)21(7)12-10-16(6)19(25)22(8)11-9-15(5)17(23)20-14(3)4/h13-16H,9-12H2,1-8H3,(H,20,23). The van der Waals surface area contributed by atoms with Crippen molar-refractivity contribution in [3.8, 4) is 0 Å². The topological polar surface area (TPSA) is 69.7 Å². The van der Waals surface area contributed by atoms with Gasteiger partial charge in [0.15, 0.2) is 0 Å². The Hall–Kier alpha value is -1.59. The lowest BCUT2D eigenvalue weighted by molar-refractivity contribution is -0.136. The number of hydrogen-bond donors (Lipinski definition) is 1. The first-order chi connectivity index (χ1) is 11.5. The number of hydrogen-bond acceptors (Lipinski definition) is 3. The highest BCUT2D eigenvalue weighted by molar-refractivity contribution is 5.80. The van der Waals surface area contributed by atoms with E-state index in [9.17, 15) is 14.4 Å². The van der Waals surface area contributed by atoms with E-state index in [2.05, 4.69) is 5.32 Å². The number of amides is 3. The van der Waals surface area contributed by atoms with Crippen LogP contribution in [0.3, 0.4) is 0 Å². The molecule has 0 aromatic heterocycles. The molecule has 6 nitrogen and oxygen atoms in total. The second-order valence-electron chi connectivity index (χ2n) is 7.72. The number of carbonyl (C=O) groups excluding carboxylic acids is 3. The molecule has 0 spiro atoms. The van der Waals surface area contributed by atoms with E-state index in [4.69, 9.17) is 0 Å². The Morgan fingerprint density at radius 3 is 1.64 bits per heavy atom. The van der Waals surface area contributed by atoms with Gasteiger partial charge in [0.2, 0.25) is 17.7 Å². The summed E-state index contributed by atoms with van der Waals surface area (Å²) in [5.41, 5.74) is 0. The molecule has 0 saturated carbocycles. The van der Waals surface area contributed by atoms with Crippen LogP contribution in [-0.2, 0) is 14.4 Å². The summed E-state index contributed by atoms with van der Waals surface area (Å²) in [5.74, 6) is -0.121. The van der Waals surface area contributed by atoms with Gasteiger partial charge in [0.1, 0.15) is 0 Å². The van der Waals surface area contributed by atoms with Crippen LogP contribution >= 0.6 is 0 Å². The molecule has 146 valence electrons. The lowest BCUT2D eigenvalue weighted by atomic mass is 10.0. The van der Waals surface area contributed by atoms with Gasteiger partial charge in [0.25, 0.3) is 0 Å². The summed E-state index contributed by atoms with van der Waals surface area (Å²) in [6.45, 7) is 12.5. The molecule has 0 heterocycles. The van der Waals surface area contributed by atoms with Gasteiger partial charge in [-0.3, -0.25) is 14.4 Å². The second kappa shape index (κ2) is 11.1. The lowest BCUT2D eigenvalue weighted by Gasteiger charge is -2.25. The van der Waals surface area contributed by atoms with Crippen LogP contribution in [-0.4, -0.2) is 60.7 Å². The van der Waals surface area contributed by atoms with Crippen molar-refractivity contribution in [1.82, 2.24) is 15.1 Å². The maximum atomic E-state index is 12.4. The second-order valence-corrected chi connectivity index (χ2v) is 7.72. The Bertz CT molecular complexity index is 449. The molecular weight excluding hydrogens is 318 g/mol. The van der Waals surface area contributed by atoms with E-state index in [-0.39, 0.29) is 41.5 Å². The Kier molecular flexibility index (Phi) is 10.4. The third kappa shape index (κ3) is 8.89. The van der Waals surface area contributed by atoms with Crippen molar-refractivity contribution < 1.29 is 14.4 Å². The largest absolute Gasteiger partial charge is 0.354 e. The van der Waals surface area contributed by atoms with Gasteiger partial charge in [-0.25, -0.2) is 0 Å². The summed E-state index contributed by atoms with van der Waals surface area (Å²) in [4.78, 5) is 39.6. The van der Waals surface area contributed by atoms with Crippen LogP contribution in [0, 0.1) is 17.8 Å². The van der Waals surface area contributed by atoms with Crippen molar-refractivity contribution in [2.45, 2.75) is 60.4 Å². The van der Waals surface area contributed by atoms with Gasteiger partial charge in [-0.05, 0) is 26.7 Å². The molecular formula is C19H37N3O3. The third-order valence-corrected chi connectivity index (χ3v) is 4.34. The smallest absolute Gasteiger partial charge is 0.225 e. The molecule has 0 aromatic carbocycles. The molecule has 0 saturated heterocycles. The van der Waals surface area contributed by atoms with Gasteiger partial charge in [0, 0.05) is 51.0 Å². The van der Waals surface area contributed by atoms with E-state index in [0.29, 0.717) is 25.9 Å². The Morgan fingerprint density at radius 2 is 1.20 bits per heavy atom. The summed E-state index contributed by atoms with van der Waals surface area (Å²) in [6.07, 6.45) is 1.28. The lowest BCUT2D eigenvalue weighted by Crippen LogP contribution is -2.38. The van der Waals surface area contributed by atoms with E-state index in [1.807, 2.05) is 41.5 Å². The molecule has 0 aliphatic carbocycles. The van der Waals surface area contributed by atoms with Crippen LogP contribution in [0.2, 0.25) is 0 Å². The van der Waals surface area contributed by atoms with Gasteiger partial charge < -0.3 is 15.1 Å². The number of carbonyl (C=O) groups is 3. The van der Waals surface area contributed by atoms with Crippen LogP contribution in [0.25, 0.3) is 0 Å². The van der Waals surface area contributed by atoms with E-state index < -0.39 is 0 Å². The van der Waals surface area contributed by atoms with Gasteiger partial charge >= 0.3 is 0 Å². The maximum Gasteiger partial charge on any atom is 0.225 e. The molecule has 2 unspecified atom stereocenters. The molecule has 0 bridgehead atoms. The van der Waals surface area contributed by atoms with Gasteiger partial charge in [-0.15, -0.1) is 0 Å². The van der Waals surface area contributed by atoms with Crippen LogP contribution in [0.4, 0.5) is 0 Å². The minimum Gasteiger partial charge on any atom is -0.354 e. The molecule has 25 heavy (non-hydrogen) atoms. The molecule has 2 atom stereocenters. The number of nitrogens with one attached hydrogen (secondary N) is 1. The SMILES string of the molecule is CC(C)NC(=O)C(C)CCN(C)C(=O)C(C)CCN(C)C(=O)C(C)C. The van der Waals surface area contributed by atoms with Gasteiger partial charge in [-0.2, -0.15) is 0 Å². The van der Waals surface area contributed by atoms with E-state index in [1.54, 1.807) is 23.9 Å². The molecule has 0 aliphatic rings. The van der Waals surface area contributed by atoms with E-state index in [0.717, 1.165) is 0 Å². The predicted molar refractivity (Wildman–Crippen MR) is 101 cm³/mol. The summed E-state index contributed by atoms with van der Waals surface area (Å²) in [6, 6.07) is 0.125. The molecule has 0 aromatic rings. The first-order valence-corrected chi connectivity index (χ1v) is 9.27. The van der Waals surface area contributed by atoms with Crippen LogP contribution in [0.15, 0.2) is 0 Å². The summed E-state index contributed by atoms with van der Waals surface area (Å²) in [7, 11) is 3.55. The van der Waals surface area contributed by atoms with Crippen molar-refractivity contribution in [2.24, 2.45) is 17.8 Å². The van der Waals surface area contributed by atoms with Crippen molar-refractivity contribution in [3.05, 3.63) is 0 Å². The normalized spacial score (nSPS) is 13.5. The van der Waals surface area contributed by atoms with Crippen LogP contribution < -0.4 is 5.32 Å². The number of rotatable bonds is 10. The van der Waals surface area contributed by atoms with Crippen LogP contribution in [0.1, 0.15) is 54.4 Å². The van der Waals surface area contributed by atoms with Gasteiger partial charge in [0.05, 0.1) is 0 Å². The third-order valence-electron chi connectivity index (χ3n) is 4.34. The molecule has 0 fully saturated rings. The minimum absolute atomic E-state index is 0.0257. The van der Waals surface area contributed by atoms with Crippen LogP contribution in [0.5, 0.6) is 0 Å². The van der Waals surface area contributed by atoms with Gasteiger partial charge in [-0.1, -0.05) is 27.7 Å². The Morgan fingerprint density at radius 1 is 0.760 bits per heavy atom. The van der Waals surface area contributed by atoms with E-state index in [1.165, 1.54) is 0 Å². The van der Waals surface area contributed by atoms with Crippen molar-refractivity contribution >= 4 is 17.7 Å². The zero-order valence-electron chi connectivity index (χ0n) is 17.3. The highest BCUT2D eigenvalue weighted by Gasteiger charge is 2.21. The fourth-order valence-electron chi connectivity index (χ4n) is 2.49. The summed E-state index contributed by atoms with van der Waals surface area (Å²) >= 11 is 0. The Balaban J connectivity index is 4.31. The zero-order valence-corrected chi connectivity index (χ0v) is 17.3. The first-order valence-electron chi connectivity index (χ1n) is 9.27. The monoisotopic (exact) mass is 355 g/mol. The van der Waals surface area contributed by atoms with Crippen molar-refractivity contribution in [2.75, 3.05) is 27.2 Å². The molecule has 3 amide bonds. The molecule has 1 N–H and O–H groups in total. The molecule has 0 rings (SSSR count). The van der Waals surface area contributed by atoms with Crippen molar-refractivity contribution in [3.63, 3.8) is 0 Å². The zero-order chi connectivity index (χ0) is 19.7. The van der Waals surface area contributed by atoms with E-state index >= 15 is 0 Å². The fraction of sp³-hybridized carbons (Fsp3) is 0.842. The average Bonchev–Trinajstić information content (AvgIpc) is 2.54. The Labute approximate surface area is 153 Å². The predicted octanol–water partition coefficient (Wildman–Crippen LogP) is 2.14. The quantitative estimate of drug-likeness (QED) is 0.653. The highest BCUT2D eigenvalue weighted by Crippen LogP contribution is 2.11. The fourth-order valence-corrected chi connectivity index (χ4v) is 2.49.